The van der Waals surface area contributed by atoms with Crippen LogP contribution in [0.1, 0.15) is 5.56 Å². The molecule has 1 aromatic rings. The van der Waals surface area contributed by atoms with Gasteiger partial charge in [0.1, 0.15) is 0 Å². The zero-order valence-electron chi connectivity index (χ0n) is 7.30. The number of benzene rings is 1. The summed E-state index contributed by atoms with van der Waals surface area (Å²) in [6, 6.07) is 8.22. The van der Waals surface area contributed by atoms with Crippen molar-refractivity contribution in [1.82, 2.24) is 0 Å². The molecule has 0 aliphatic heterocycles. The number of hydrogen-bond donors (Lipinski definition) is 0. The van der Waals surface area contributed by atoms with E-state index in [2.05, 4.69) is 41.2 Å². The van der Waals surface area contributed by atoms with E-state index in [0.717, 1.165) is 11.1 Å². The monoisotopic (exact) mass is 243 g/mol. The summed E-state index contributed by atoms with van der Waals surface area (Å²) >= 11 is 3.42. The van der Waals surface area contributed by atoms with Crippen LogP contribution < -0.4 is 0 Å². The second-order valence-electron chi connectivity index (χ2n) is 2.83. The van der Waals surface area contributed by atoms with Crippen LogP contribution in [-0.4, -0.2) is 9.04 Å². The van der Waals surface area contributed by atoms with Crippen molar-refractivity contribution in [3.63, 3.8) is 0 Å². The number of rotatable bonds is 3. The van der Waals surface area contributed by atoms with Crippen LogP contribution in [0.4, 0.5) is 0 Å². The topological polar surface area (TPSA) is 9.23 Å². The Morgan fingerprint density at radius 1 is 1.42 bits per heavy atom. The van der Waals surface area contributed by atoms with Gasteiger partial charge in [-0.3, -0.25) is 0 Å². The molecule has 0 aliphatic carbocycles. The summed E-state index contributed by atoms with van der Waals surface area (Å²) in [5, 5.41) is 0. The minimum absolute atomic E-state index is 0.560. The van der Waals surface area contributed by atoms with E-state index in [4.69, 9.17) is 4.43 Å². The molecule has 0 fully saturated rings. The maximum Gasteiger partial charge on any atom is 0.205 e. The maximum absolute atomic E-state index is 5.56. The van der Waals surface area contributed by atoms with Gasteiger partial charge in [0.15, 0.2) is 0 Å². The first kappa shape index (κ1) is 9.96. The largest absolute Gasteiger partial charge is 0.413 e. The minimum atomic E-state index is -0.560. The predicted octanol–water partition coefficient (Wildman–Crippen LogP) is 3.22. The normalized spacial score (nSPS) is 10.7. The van der Waals surface area contributed by atoms with Crippen molar-refractivity contribution in [2.45, 2.75) is 19.7 Å². The standard InChI is InChI=1S/C9H12BrOSi/c1-12(2)11-7-8-4-3-5-9(10)6-8/h3-6H,7H2,1-2H3. The Balaban J connectivity index is 2.52. The highest BCUT2D eigenvalue weighted by Crippen LogP contribution is 2.12. The lowest BCUT2D eigenvalue weighted by Crippen LogP contribution is -2.06. The number of hydrogen-bond acceptors (Lipinski definition) is 1. The molecular weight excluding hydrogens is 232 g/mol. The van der Waals surface area contributed by atoms with Gasteiger partial charge in [0.25, 0.3) is 0 Å². The van der Waals surface area contributed by atoms with Crippen LogP contribution in [0.2, 0.25) is 13.1 Å². The fourth-order valence-corrected chi connectivity index (χ4v) is 1.76. The quantitative estimate of drug-likeness (QED) is 0.742. The van der Waals surface area contributed by atoms with Gasteiger partial charge in [-0.15, -0.1) is 0 Å². The molecule has 65 valence electrons. The summed E-state index contributed by atoms with van der Waals surface area (Å²) in [6.45, 7) is 5.02. The average molecular weight is 244 g/mol. The van der Waals surface area contributed by atoms with Crippen molar-refractivity contribution in [1.29, 1.82) is 0 Å². The molecule has 1 nitrogen and oxygen atoms in total. The van der Waals surface area contributed by atoms with Gasteiger partial charge in [-0.2, -0.15) is 0 Å². The van der Waals surface area contributed by atoms with E-state index in [9.17, 15) is 0 Å². The summed E-state index contributed by atoms with van der Waals surface area (Å²) in [4.78, 5) is 0. The highest BCUT2D eigenvalue weighted by Gasteiger charge is 1.98. The SMILES string of the molecule is C[Si](C)OCc1cccc(Br)c1. The summed E-state index contributed by atoms with van der Waals surface area (Å²) in [6.07, 6.45) is 0. The molecule has 0 saturated heterocycles. The van der Waals surface area contributed by atoms with Crippen LogP contribution in [-0.2, 0) is 11.0 Å². The third-order valence-electron chi connectivity index (χ3n) is 1.42. The van der Waals surface area contributed by atoms with Gasteiger partial charge in [-0.1, -0.05) is 28.1 Å². The van der Waals surface area contributed by atoms with Crippen LogP contribution in [0.25, 0.3) is 0 Å². The molecule has 3 heteroatoms. The molecule has 0 N–H and O–H groups in total. The predicted molar refractivity (Wildman–Crippen MR) is 56.4 cm³/mol. The van der Waals surface area contributed by atoms with Crippen LogP contribution in [0, 0.1) is 0 Å². The van der Waals surface area contributed by atoms with Crippen LogP contribution in [0.3, 0.4) is 0 Å². The lowest BCUT2D eigenvalue weighted by Gasteiger charge is -2.05. The summed E-state index contributed by atoms with van der Waals surface area (Å²) in [5.74, 6) is 0. The average Bonchev–Trinajstić information content (AvgIpc) is 2.01. The molecule has 1 radical (unpaired) electrons. The summed E-state index contributed by atoms with van der Waals surface area (Å²) in [7, 11) is -0.560. The van der Waals surface area contributed by atoms with Gasteiger partial charge in [-0.05, 0) is 30.8 Å². The van der Waals surface area contributed by atoms with Crippen molar-refractivity contribution in [3.8, 4) is 0 Å². The summed E-state index contributed by atoms with van der Waals surface area (Å²) < 4.78 is 6.68. The molecule has 0 saturated carbocycles. The van der Waals surface area contributed by atoms with Gasteiger partial charge >= 0.3 is 0 Å². The molecule has 12 heavy (non-hydrogen) atoms. The first-order valence-corrected chi connectivity index (χ1v) is 7.06. The Bertz CT molecular complexity index is 250. The molecule has 0 unspecified atom stereocenters. The van der Waals surface area contributed by atoms with Crippen molar-refractivity contribution in [2.75, 3.05) is 0 Å². The second-order valence-corrected chi connectivity index (χ2v) is 5.85. The first-order valence-electron chi connectivity index (χ1n) is 3.86. The fraction of sp³-hybridized carbons (Fsp3) is 0.333. The zero-order valence-corrected chi connectivity index (χ0v) is 9.89. The Labute approximate surface area is 83.6 Å². The Hall–Kier alpha value is -0.123. The smallest absolute Gasteiger partial charge is 0.205 e. The molecule has 0 heterocycles. The maximum atomic E-state index is 5.56. The molecule has 0 atom stereocenters. The molecule has 0 aliphatic rings. The van der Waals surface area contributed by atoms with E-state index in [1.165, 1.54) is 5.56 Å². The second kappa shape index (κ2) is 4.79. The molecule has 0 amide bonds. The third-order valence-corrected chi connectivity index (χ3v) is 2.63. The van der Waals surface area contributed by atoms with Crippen molar-refractivity contribution >= 4 is 25.0 Å². The molecule has 0 bridgehead atoms. The van der Waals surface area contributed by atoms with Crippen molar-refractivity contribution in [2.24, 2.45) is 0 Å². The third kappa shape index (κ3) is 3.52. The van der Waals surface area contributed by atoms with E-state index in [1.54, 1.807) is 0 Å². The van der Waals surface area contributed by atoms with Gasteiger partial charge < -0.3 is 4.43 Å². The Morgan fingerprint density at radius 3 is 2.75 bits per heavy atom. The van der Waals surface area contributed by atoms with E-state index in [0.29, 0.717) is 0 Å². The van der Waals surface area contributed by atoms with Gasteiger partial charge in [0, 0.05) is 4.47 Å². The fourth-order valence-electron chi connectivity index (χ4n) is 0.854. The zero-order chi connectivity index (χ0) is 8.97. The molecule has 0 spiro atoms. The van der Waals surface area contributed by atoms with Gasteiger partial charge in [0.2, 0.25) is 9.04 Å². The molecule has 1 rings (SSSR count). The van der Waals surface area contributed by atoms with E-state index in [-0.39, 0.29) is 0 Å². The number of halogens is 1. The summed E-state index contributed by atoms with van der Waals surface area (Å²) in [5.41, 5.74) is 1.23. The molecule has 0 aromatic heterocycles. The van der Waals surface area contributed by atoms with Gasteiger partial charge in [0.05, 0.1) is 6.61 Å². The van der Waals surface area contributed by atoms with Crippen molar-refractivity contribution < 1.29 is 4.43 Å². The van der Waals surface area contributed by atoms with Gasteiger partial charge in [-0.25, -0.2) is 0 Å². The van der Waals surface area contributed by atoms with E-state index < -0.39 is 9.04 Å². The minimum Gasteiger partial charge on any atom is -0.413 e. The van der Waals surface area contributed by atoms with E-state index >= 15 is 0 Å². The first-order chi connectivity index (χ1) is 5.68. The lowest BCUT2D eigenvalue weighted by molar-refractivity contribution is 0.314. The highest BCUT2D eigenvalue weighted by atomic mass is 79.9. The van der Waals surface area contributed by atoms with Crippen LogP contribution >= 0.6 is 15.9 Å². The van der Waals surface area contributed by atoms with E-state index in [1.807, 2.05) is 12.1 Å². The molecule has 1 aromatic carbocycles. The van der Waals surface area contributed by atoms with Crippen LogP contribution in [0.15, 0.2) is 28.7 Å². The van der Waals surface area contributed by atoms with Crippen LogP contribution in [0.5, 0.6) is 0 Å². The van der Waals surface area contributed by atoms with Crippen molar-refractivity contribution in [3.05, 3.63) is 34.3 Å². The Morgan fingerprint density at radius 2 is 2.17 bits per heavy atom. The highest BCUT2D eigenvalue weighted by molar-refractivity contribution is 9.10. The lowest BCUT2D eigenvalue weighted by atomic mass is 10.2. The Kier molecular flexibility index (Phi) is 3.98. The molecular formula is C9H12BrOSi.